The quantitative estimate of drug-likeness (QED) is 0.674. The summed E-state index contributed by atoms with van der Waals surface area (Å²) in [5.74, 6) is -0.0619. The third-order valence-corrected chi connectivity index (χ3v) is 4.27. The number of carbonyl (C=O) groups excluding carboxylic acids is 1. The van der Waals surface area contributed by atoms with E-state index in [2.05, 4.69) is 38.7 Å². The average molecular weight is 317 g/mol. The molecule has 0 aromatic heterocycles. The highest BCUT2D eigenvalue weighted by atomic mass is 32.2. The first-order valence-corrected chi connectivity index (χ1v) is 8.47. The van der Waals surface area contributed by atoms with Gasteiger partial charge in [0.2, 0.25) is 0 Å². The van der Waals surface area contributed by atoms with E-state index in [1.807, 2.05) is 32.0 Å². The molecule has 0 saturated carbocycles. The third-order valence-electron chi connectivity index (χ3n) is 3.27. The first-order valence-electron chi connectivity index (χ1n) is 7.59. The van der Waals surface area contributed by atoms with Crippen LogP contribution in [-0.4, -0.2) is 5.91 Å². The fraction of sp³-hybridized carbons (Fsp3) is 0.421. The zero-order chi connectivity index (χ0) is 16.8. The Kier molecular flexibility index (Phi) is 6.95. The minimum atomic E-state index is -0.0619. The van der Waals surface area contributed by atoms with E-state index >= 15 is 0 Å². The Morgan fingerprint density at radius 2 is 1.91 bits per heavy atom. The van der Waals surface area contributed by atoms with Gasteiger partial charge in [0.1, 0.15) is 0 Å². The predicted octanol–water partition coefficient (Wildman–Crippen LogP) is 5.77. The van der Waals surface area contributed by atoms with Crippen molar-refractivity contribution >= 4 is 23.4 Å². The van der Waals surface area contributed by atoms with Crippen molar-refractivity contribution in [3.05, 3.63) is 52.3 Å². The maximum atomic E-state index is 12.5. The van der Waals surface area contributed by atoms with E-state index in [-0.39, 0.29) is 11.3 Å². The Labute approximate surface area is 139 Å². The summed E-state index contributed by atoms with van der Waals surface area (Å²) in [6.07, 6.45) is 2.04. The van der Waals surface area contributed by atoms with Gasteiger partial charge in [-0.1, -0.05) is 62.9 Å². The lowest BCUT2D eigenvalue weighted by Gasteiger charge is -2.19. The molecule has 2 nitrogen and oxygen atoms in total. The number of carbonyl (C=O) groups is 1. The Hall–Kier alpha value is -1.48. The van der Waals surface area contributed by atoms with Crippen molar-refractivity contribution in [3.8, 4) is 0 Å². The number of rotatable bonds is 6. The van der Waals surface area contributed by atoms with Crippen LogP contribution in [0.5, 0.6) is 0 Å². The number of aryl methyl sites for hydroxylation is 1. The highest BCUT2D eigenvalue weighted by Crippen LogP contribution is 2.27. The van der Waals surface area contributed by atoms with Gasteiger partial charge in [-0.3, -0.25) is 4.79 Å². The fourth-order valence-corrected chi connectivity index (χ4v) is 2.59. The molecule has 0 bridgehead atoms. The molecule has 0 aliphatic rings. The molecule has 0 aliphatic carbocycles. The summed E-state index contributed by atoms with van der Waals surface area (Å²) in [5.41, 5.74) is 3.36. The van der Waals surface area contributed by atoms with Gasteiger partial charge in [-0.05, 0) is 49.1 Å². The highest BCUT2D eigenvalue weighted by molar-refractivity contribution is 8.06. The molecule has 0 aliphatic heterocycles. The van der Waals surface area contributed by atoms with Crippen LogP contribution in [0.1, 0.15) is 46.6 Å². The van der Waals surface area contributed by atoms with E-state index in [4.69, 9.17) is 0 Å². The summed E-state index contributed by atoms with van der Waals surface area (Å²) in [6, 6.07) is 8.04. The number of amides is 1. The van der Waals surface area contributed by atoms with E-state index in [0.717, 1.165) is 24.1 Å². The van der Waals surface area contributed by atoms with E-state index in [0.29, 0.717) is 4.91 Å². The van der Waals surface area contributed by atoms with Crippen LogP contribution in [0.25, 0.3) is 0 Å². The molecule has 120 valence electrons. The van der Waals surface area contributed by atoms with Gasteiger partial charge < -0.3 is 5.32 Å². The first-order chi connectivity index (χ1) is 10.2. The Bertz CT molecular complexity index is 563. The summed E-state index contributed by atoms with van der Waals surface area (Å²) in [7, 11) is 0. The van der Waals surface area contributed by atoms with Gasteiger partial charge in [0.25, 0.3) is 5.91 Å². The third kappa shape index (κ3) is 6.10. The standard InChI is InChI=1S/C19H27NOS/c1-7-22-17(14(2)3)18(21)20-16-11-9-8-10-15(16)12-13-19(4,5)6/h7-11H,1,12-13H2,2-6H3,(H,20,21). The fourth-order valence-electron chi connectivity index (χ4n) is 2.03. The van der Waals surface area contributed by atoms with Crippen molar-refractivity contribution in [3.63, 3.8) is 0 Å². The van der Waals surface area contributed by atoms with Crippen molar-refractivity contribution in [1.29, 1.82) is 0 Å². The predicted molar refractivity (Wildman–Crippen MR) is 99.0 cm³/mol. The van der Waals surface area contributed by atoms with Gasteiger partial charge >= 0.3 is 0 Å². The van der Waals surface area contributed by atoms with Crippen molar-refractivity contribution < 1.29 is 4.79 Å². The van der Waals surface area contributed by atoms with Crippen molar-refractivity contribution in [2.24, 2.45) is 5.41 Å². The number of nitrogens with one attached hydrogen (secondary N) is 1. The largest absolute Gasteiger partial charge is 0.321 e. The Morgan fingerprint density at radius 1 is 1.27 bits per heavy atom. The molecule has 0 atom stereocenters. The van der Waals surface area contributed by atoms with Crippen LogP contribution in [0, 0.1) is 5.41 Å². The lowest BCUT2D eigenvalue weighted by atomic mass is 9.88. The maximum absolute atomic E-state index is 12.5. The smallest absolute Gasteiger partial charge is 0.262 e. The first kappa shape index (κ1) is 18.6. The van der Waals surface area contributed by atoms with Gasteiger partial charge in [-0.15, -0.1) is 0 Å². The molecule has 0 radical (unpaired) electrons. The van der Waals surface area contributed by atoms with E-state index < -0.39 is 0 Å². The zero-order valence-corrected chi connectivity index (χ0v) is 15.1. The van der Waals surface area contributed by atoms with Crippen molar-refractivity contribution in [2.75, 3.05) is 5.32 Å². The second-order valence-corrected chi connectivity index (χ2v) is 7.76. The topological polar surface area (TPSA) is 29.1 Å². The molecule has 1 rings (SSSR count). The van der Waals surface area contributed by atoms with Crippen LogP contribution in [-0.2, 0) is 11.2 Å². The normalized spacial score (nSPS) is 11.0. The molecule has 1 amide bonds. The number of thioether (sulfide) groups is 1. The summed E-state index contributed by atoms with van der Waals surface area (Å²) in [4.78, 5) is 13.2. The highest BCUT2D eigenvalue weighted by Gasteiger charge is 2.15. The van der Waals surface area contributed by atoms with Gasteiger partial charge in [0.05, 0.1) is 4.91 Å². The summed E-state index contributed by atoms with van der Waals surface area (Å²) < 4.78 is 0. The lowest BCUT2D eigenvalue weighted by molar-refractivity contribution is -0.112. The van der Waals surface area contributed by atoms with Crippen LogP contribution < -0.4 is 5.32 Å². The molecule has 0 fully saturated rings. The number of anilines is 1. The molecule has 0 saturated heterocycles. The minimum absolute atomic E-state index is 0.0619. The Balaban J connectivity index is 2.91. The van der Waals surface area contributed by atoms with Gasteiger partial charge in [-0.2, -0.15) is 0 Å². The molecule has 0 unspecified atom stereocenters. The van der Waals surface area contributed by atoms with Gasteiger partial charge in [0, 0.05) is 5.69 Å². The minimum Gasteiger partial charge on any atom is -0.321 e. The number of hydrogen-bond acceptors (Lipinski definition) is 2. The zero-order valence-electron chi connectivity index (χ0n) is 14.3. The monoisotopic (exact) mass is 317 g/mol. The second kappa shape index (κ2) is 8.23. The molecule has 1 N–H and O–H groups in total. The van der Waals surface area contributed by atoms with Crippen molar-refractivity contribution in [1.82, 2.24) is 0 Å². The average Bonchev–Trinajstić information content (AvgIpc) is 2.42. The number of benzene rings is 1. The van der Waals surface area contributed by atoms with E-state index in [1.54, 1.807) is 5.41 Å². The molecule has 0 spiro atoms. The molecule has 1 aromatic carbocycles. The maximum Gasteiger partial charge on any atom is 0.262 e. The number of hydrogen-bond donors (Lipinski definition) is 1. The molecule has 22 heavy (non-hydrogen) atoms. The summed E-state index contributed by atoms with van der Waals surface area (Å²) >= 11 is 1.37. The van der Waals surface area contributed by atoms with Crippen molar-refractivity contribution in [2.45, 2.75) is 47.5 Å². The van der Waals surface area contributed by atoms with Crippen LogP contribution in [0.2, 0.25) is 0 Å². The molecule has 0 heterocycles. The second-order valence-electron chi connectivity index (χ2n) is 6.79. The summed E-state index contributed by atoms with van der Waals surface area (Å²) in [5, 5.41) is 4.74. The molecule has 3 heteroatoms. The van der Waals surface area contributed by atoms with Crippen LogP contribution in [0.4, 0.5) is 5.69 Å². The Morgan fingerprint density at radius 3 is 2.45 bits per heavy atom. The lowest BCUT2D eigenvalue weighted by Crippen LogP contribution is -2.15. The molecular formula is C19H27NOS. The SMILES string of the molecule is C=CSC(C(=O)Nc1ccccc1CCC(C)(C)C)=C(C)C. The van der Waals surface area contributed by atoms with E-state index in [9.17, 15) is 4.79 Å². The van der Waals surface area contributed by atoms with Crippen LogP contribution >= 0.6 is 11.8 Å². The molecule has 1 aromatic rings. The number of para-hydroxylation sites is 1. The molecular weight excluding hydrogens is 290 g/mol. The summed E-state index contributed by atoms with van der Waals surface area (Å²) in [6.45, 7) is 14.3. The van der Waals surface area contributed by atoms with E-state index in [1.165, 1.54) is 17.3 Å². The number of allylic oxidation sites excluding steroid dienone is 1. The van der Waals surface area contributed by atoms with Crippen LogP contribution in [0.15, 0.2) is 46.7 Å². The van der Waals surface area contributed by atoms with Gasteiger partial charge in [-0.25, -0.2) is 0 Å². The van der Waals surface area contributed by atoms with Crippen LogP contribution in [0.3, 0.4) is 0 Å². The van der Waals surface area contributed by atoms with Gasteiger partial charge in [0.15, 0.2) is 0 Å².